The maximum Gasteiger partial charge on any atom is 0.191 e. The lowest BCUT2D eigenvalue weighted by Crippen LogP contribution is -2.45. The van der Waals surface area contributed by atoms with Crippen molar-refractivity contribution in [1.29, 1.82) is 0 Å². The number of aliphatic imine (C=N–C) groups is 1. The molecule has 3 heterocycles. The summed E-state index contributed by atoms with van der Waals surface area (Å²) < 4.78 is 1.99. The zero-order chi connectivity index (χ0) is 19.9. The Balaban J connectivity index is 0.00000300. The van der Waals surface area contributed by atoms with E-state index in [2.05, 4.69) is 56.4 Å². The highest BCUT2D eigenvalue weighted by atomic mass is 127. The number of nitrogens with one attached hydrogen (secondary N) is 2. The molecule has 0 bridgehead atoms. The number of halogens is 1. The molecule has 0 radical (unpaired) electrons. The van der Waals surface area contributed by atoms with E-state index in [1.165, 1.54) is 24.9 Å². The van der Waals surface area contributed by atoms with Crippen molar-refractivity contribution in [2.75, 3.05) is 26.2 Å². The average molecular weight is 532 g/mol. The van der Waals surface area contributed by atoms with Crippen LogP contribution in [0.25, 0.3) is 0 Å². The fraction of sp³-hybridized carbons (Fsp3) is 0.650. The third-order valence-corrected chi connectivity index (χ3v) is 6.36. The van der Waals surface area contributed by atoms with Crippen LogP contribution in [0.4, 0.5) is 0 Å². The predicted molar refractivity (Wildman–Crippen MR) is 131 cm³/mol. The van der Waals surface area contributed by atoms with E-state index in [4.69, 9.17) is 4.99 Å². The van der Waals surface area contributed by atoms with Crippen molar-refractivity contribution in [3.63, 3.8) is 0 Å². The zero-order valence-electron chi connectivity index (χ0n) is 17.9. The lowest BCUT2D eigenvalue weighted by atomic mass is 10.1. The molecule has 1 fully saturated rings. The number of aromatic nitrogens is 3. The molecule has 0 aliphatic carbocycles. The molecule has 0 aromatic carbocycles. The second kappa shape index (κ2) is 11.8. The summed E-state index contributed by atoms with van der Waals surface area (Å²) in [5, 5.41) is 19.8. The van der Waals surface area contributed by atoms with E-state index in [-0.39, 0.29) is 24.0 Å². The Bertz CT molecular complexity index is 759. The van der Waals surface area contributed by atoms with E-state index >= 15 is 0 Å². The number of nitrogens with zero attached hydrogens (tertiary/aromatic N) is 5. The lowest BCUT2D eigenvalue weighted by molar-refractivity contribution is 0.267. The van der Waals surface area contributed by atoms with Crippen LogP contribution in [0.5, 0.6) is 0 Å². The molecule has 0 spiro atoms. The smallest absolute Gasteiger partial charge is 0.191 e. The van der Waals surface area contributed by atoms with E-state index in [1.807, 2.05) is 18.5 Å². The van der Waals surface area contributed by atoms with E-state index in [1.54, 1.807) is 11.3 Å². The van der Waals surface area contributed by atoms with Crippen LogP contribution in [0.15, 0.2) is 21.8 Å². The molecule has 0 amide bonds. The van der Waals surface area contributed by atoms with Gasteiger partial charge in [-0.15, -0.1) is 34.2 Å². The number of aryl methyl sites for hydroxylation is 1. The summed E-state index contributed by atoms with van der Waals surface area (Å²) in [6.45, 7) is 11.0. The van der Waals surface area contributed by atoms with Crippen molar-refractivity contribution >= 4 is 41.3 Å². The summed E-state index contributed by atoms with van der Waals surface area (Å²) in [4.78, 5) is 7.33. The van der Waals surface area contributed by atoms with Gasteiger partial charge in [0.2, 0.25) is 0 Å². The molecule has 2 aromatic rings. The van der Waals surface area contributed by atoms with Crippen molar-refractivity contribution in [2.24, 2.45) is 12.0 Å². The first-order valence-corrected chi connectivity index (χ1v) is 11.2. The van der Waals surface area contributed by atoms with Gasteiger partial charge in [-0.1, -0.05) is 13.8 Å². The Morgan fingerprint density at radius 3 is 2.86 bits per heavy atom. The Morgan fingerprint density at radius 1 is 1.38 bits per heavy atom. The number of hydrogen-bond acceptors (Lipinski definition) is 5. The van der Waals surface area contributed by atoms with Gasteiger partial charge in [0.15, 0.2) is 11.8 Å². The van der Waals surface area contributed by atoms with Crippen LogP contribution in [-0.2, 0) is 13.6 Å². The van der Waals surface area contributed by atoms with Crippen LogP contribution < -0.4 is 10.6 Å². The molecule has 1 saturated heterocycles. The largest absolute Gasteiger partial charge is 0.356 e. The number of rotatable bonds is 8. The van der Waals surface area contributed by atoms with E-state index in [0.29, 0.717) is 18.5 Å². The van der Waals surface area contributed by atoms with Crippen molar-refractivity contribution < 1.29 is 0 Å². The molecule has 7 nitrogen and oxygen atoms in total. The average Bonchev–Trinajstić information content (AvgIpc) is 3.44. The maximum absolute atomic E-state index is 4.79. The Morgan fingerprint density at radius 2 is 2.21 bits per heavy atom. The predicted octanol–water partition coefficient (Wildman–Crippen LogP) is 3.13. The summed E-state index contributed by atoms with van der Waals surface area (Å²) in [6, 6.07) is 2.78. The molecule has 0 saturated carbocycles. The first kappa shape index (κ1) is 24.1. The maximum atomic E-state index is 4.79. The van der Waals surface area contributed by atoms with E-state index in [0.717, 1.165) is 37.2 Å². The van der Waals surface area contributed by atoms with Gasteiger partial charge in [0.05, 0.1) is 0 Å². The van der Waals surface area contributed by atoms with Gasteiger partial charge in [0.1, 0.15) is 12.4 Å². The number of thiophene rings is 1. The molecule has 2 aromatic heterocycles. The van der Waals surface area contributed by atoms with Gasteiger partial charge in [-0.05, 0) is 61.2 Å². The SMILES string of the molecule is CCN1CCCC1CNC(=NCc1nnc(C)n1C)NCC(C)c1ccsc1.I. The molecular weight excluding hydrogens is 497 g/mol. The van der Waals surface area contributed by atoms with E-state index in [9.17, 15) is 0 Å². The zero-order valence-corrected chi connectivity index (χ0v) is 21.0. The molecule has 29 heavy (non-hydrogen) atoms. The summed E-state index contributed by atoms with van der Waals surface area (Å²) in [6.07, 6.45) is 2.54. The van der Waals surface area contributed by atoms with Crippen LogP contribution in [0, 0.1) is 6.92 Å². The van der Waals surface area contributed by atoms with Crippen LogP contribution in [0.1, 0.15) is 49.8 Å². The lowest BCUT2D eigenvalue weighted by Gasteiger charge is -2.24. The molecule has 1 aliphatic rings. The van der Waals surface area contributed by atoms with Crippen molar-refractivity contribution in [3.05, 3.63) is 34.0 Å². The highest BCUT2D eigenvalue weighted by Gasteiger charge is 2.23. The van der Waals surface area contributed by atoms with E-state index < -0.39 is 0 Å². The van der Waals surface area contributed by atoms with Gasteiger partial charge in [-0.3, -0.25) is 4.90 Å². The standard InChI is InChI=1S/C20H33N7S.HI/c1-5-27-9-6-7-18(27)12-22-20(21-11-15(2)17-8-10-28-14-17)23-13-19-25-24-16(3)26(19)4;/h8,10,14-15,18H,5-7,9,11-13H2,1-4H3,(H2,21,22,23);1H. The van der Waals surface area contributed by atoms with Crippen LogP contribution in [-0.4, -0.2) is 57.8 Å². The van der Waals surface area contributed by atoms with Crippen LogP contribution in [0.3, 0.4) is 0 Å². The van der Waals surface area contributed by atoms with Crippen molar-refractivity contribution in [3.8, 4) is 0 Å². The van der Waals surface area contributed by atoms with Gasteiger partial charge in [-0.2, -0.15) is 11.3 Å². The van der Waals surface area contributed by atoms with Gasteiger partial charge in [0, 0.05) is 26.2 Å². The topological polar surface area (TPSA) is 70.4 Å². The minimum absolute atomic E-state index is 0. The monoisotopic (exact) mass is 531 g/mol. The van der Waals surface area contributed by atoms with Gasteiger partial charge < -0.3 is 15.2 Å². The quantitative estimate of drug-likeness (QED) is 0.311. The Kier molecular flexibility index (Phi) is 9.84. The summed E-state index contributed by atoms with van der Waals surface area (Å²) in [5.74, 6) is 3.07. The molecule has 3 rings (SSSR count). The third kappa shape index (κ3) is 6.65. The van der Waals surface area contributed by atoms with Crippen molar-refractivity contribution in [2.45, 2.75) is 52.1 Å². The number of hydrogen-bond donors (Lipinski definition) is 2. The molecular formula is C20H34IN7S. The molecule has 9 heteroatoms. The summed E-state index contributed by atoms with van der Waals surface area (Å²) in [5.41, 5.74) is 1.37. The highest BCUT2D eigenvalue weighted by molar-refractivity contribution is 14.0. The first-order chi connectivity index (χ1) is 13.6. The minimum Gasteiger partial charge on any atom is -0.356 e. The first-order valence-electron chi connectivity index (χ1n) is 10.2. The normalized spacial score (nSPS) is 18.5. The third-order valence-electron chi connectivity index (χ3n) is 5.66. The highest BCUT2D eigenvalue weighted by Crippen LogP contribution is 2.17. The fourth-order valence-corrected chi connectivity index (χ4v) is 4.38. The number of guanidine groups is 1. The Hall–Kier alpha value is -1.20. The van der Waals surface area contributed by atoms with Crippen LogP contribution >= 0.6 is 35.3 Å². The number of likely N-dealkylation sites (N-methyl/N-ethyl adjacent to an activating group) is 1. The van der Waals surface area contributed by atoms with Gasteiger partial charge >= 0.3 is 0 Å². The minimum atomic E-state index is 0. The fourth-order valence-electron chi connectivity index (χ4n) is 3.59. The second-order valence-electron chi connectivity index (χ2n) is 7.53. The van der Waals surface area contributed by atoms with Gasteiger partial charge in [-0.25, -0.2) is 4.99 Å². The summed E-state index contributed by atoms with van der Waals surface area (Å²) >= 11 is 1.75. The molecule has 2 N–H and O–H groups in total. The van der Waals surface area contributed by atoms with Crippen LogP contribution in [0.2, 0.25) is 0 Å². The van der Waals surface area contributed by atoms with Gasteiger partial charge in [0.25, 0.3) is 0 Å². The number of likely N-dealkylation sites (tertiary alicyclic amines) is 1. The molecule has 1 aliphatic heterocycles. The van der Waals surface area contributed by atoms with Crippen molar-refractivity contribution in [1.82, 2.24) is 30.3 Å². The Labute approximate surface area is 195 Å². The molecule has 162 valence electrons. The summed E-state index contributed by atoms with van der Waals surface area (Å²) in [7, 11) is 1.98. The molecule has 2 unspecified atom stereocenters. The second-order valence-corrected chi connectivity index (χ2v) is 8.31. The molecule has 2 atom stereocenters.